The van der Waals surface area contributed by atoms with Crippen LogP contribution in [0.5, 0.6) is 0 Å². The number of anilines is 1. The van der Waals surface area contributed by atoms with E-state index < -0.39 is 71.4 Å². The number of hydrogen-bond acceptors (Lipinski definition) is 18. The summed E-state index contributed by atoms with van der Waals surface area (Å²) >= 11 is 2.93. The Morgan fingerprint density at radius 2 is 1.47 bits per heavy atom. The number of amides is 7. The van der Waals surface area contributed by atoms with Gasteiger partial charge in [0.25, 0.3) is 0 Å². The van der Waals surface area contributed by atoms with Crippen LogP contribution in [0.25, 0.3) is 0 Å². The zero-order chi connectivity index (χ0) is 72.9. The number of methoxy groups -OCH3 is 2. The Hall–Kier alpha value is -7.48. The van der Waals surface area contributed by atoms with Crippen LogP contribution in [0.3, 0.4) is 0 Å². The summed E-state index contributed by atoms with van der Waals surface area (Å²) in [4.78, 5) is 153. The number of aromatic nitrogens is 3. The molecule has 1 aliphatic heterocycles. The summed E-state index contributed by atoms with van der Waals surface area (Å²) in [5, 5.41) is 14.4. The zero-order valence-corrected chi connectivity index (χ0v) is 61.9. The molecule has 6 N–H and O–H groups in total. The number of alkyl carbamates (subject to hydrolysis) is 1. The summed E-state index contributed by atoms with van der Waals surface area (Å²) < 4.78 is 17.8. The molecule has 3 heterocycles. The second-order valence-electron chi connectivity index (χ2n) is 27.4. The number of thiazole rings is 1. The second-order valence-corrected chi connectivity index (χ2v) is 29.1. The van der Waals surface area contributed by atoms with Crippen LogP contribution >= 0.6 is 23.1 Å². The number of likely N-dealkylation sites (tertiary alicyclic amines) is 1. The quantitative estimate of drug-likeness (QED) is 0.0119. The molecule has 5 rings (SSSR count). The molecule has 1 fully saturated rings. The van der Waals surface area contributed by atoms with Gasteiger partial charge >= 0.3 is 12.1 Å². The maximum absolute atomic E-state index is 14.8. The SMILES string of the molecule is CC[C@H](C)[C@@H]([C@@H](CC(=O)N1CCC[C@H]1[C@H](OC)[C@@H](C)C(=O)C[C@@H](Cc1ccccc1)c1nccs1)OC)N(C)C(=O)[C@@H](CC(=O)C(C)(C)NC(=O)OCc1ccc(NC(=O)[C@H](CCCNC(N)=O)CC(=O)[C@@H](NC(=O)CCCCCCC(=O)c2cnc(SC)nc2)C(C)C)cc1)C(C)C. The average molecular weight is 1410 g/mol. The fourth-order valence-corrected chi connectivity index (χ4v) is 13.9. The van der Waals surface area contributed by atoms with Gasteiger partial charge in [0, 0.05) is 120 Å². The topological polar surface area (TPSA) is 318 Å². The predicted octanol–water partition coefficient (Wildman–Crippen LogP) is 11.1. The predicted molar refractivity (Wildman–Crippen MR) is 384 cm³/mol. The van der Waals surface area contributed by atoms with Gasteiger partial charge in [-0.1, -0.05) is 122 Å². The fourth-order valence-electron chi connectivity index (χ4n) is 12.9. The number of benzene rings is 2. The minimum Gasteiger partial charge on any atom is -0.445 e. The Bertz CT molecular complexity index is 3250. The van der Waals surface area contributed by atoms with Crippen LogP contribution in [0.2, 0.25) is 0 Å². The molecule has 544 valence electrons. The Balaban J connectivity index is 1.13. The van der Waals surface area contributed by atoms with E-state index in [0.29, 0.717) is 79.9 Å². The first-order valence-corrected chi connectivity index (χ1v) is 36.9. The van der Waals surface area contributed by atoms with Crippen LogP contribution in [0.15, 0.2) is 83.7 Å². The molecule has 1 aliphatic rings. The van der Waals surface area contributed by atoms with Gasteiger partial charge < -0.3 is 51.0 Å². The van der Waals surface area contributed by atoms with E-state index in [2.05, 4.69) is 48.4 Å². The highest BCUT2D eigenvalue weighted by Crippen LogP contribution is 2.34. The summed E-state index contributed by atoms with van der Waals surface area (Å²) in [7, 11) is 4.81. The molecule has 4 aromatic rings. The maximum atomic E-state index is 14.8. The fraction of sp³-hybridized carbons (Fsp3) is 0.608. The number of Topliss-reactive ketones (excluding diaryl/α,β-unsaturated/α-hetero) is 4. The van der Waals surface area contributed by atoms with Gasteiger partial charge in [0.05, 0.1) is 52.9 Å². The molecule has 0 bridgehead atoms. The van der Waals surface area contributed by atoms with E-state index in [9.17, 15) is 47.9 Å². The third-order valence-corrected chi connectivity index (χ3v) is 20.5. The normalized spacial score (nSPS) is 15.9. The molecule has 0 aliphatic carbocycles. The van der Waals surface area contributed by atoms with Crippen molar-refractivity contribution in [2.45, 2.75) is 219 Å². The van der Waals surface area contributed by atoms with E-state index in [1.165, 1.54) is 42.6 Å². The number of rotatable bonds is 44. The number of likely N-dealkylation sites (N-methyl/N-ethyl adjacent to an activating group) is 1. The number of urea groups is 1. The molecule has 0 spiro atoms. The molecular weight excluding hydrogens is 1300 g/mol. The third-order valence-electron chi connectivity index (χ3n) is 19.0. The molecule has 23 nitrogen and oxygen atoms in total. The number of thioether (sulfide) groups is 1. The zero-order valence-electron chi connectivity index (χ0n) is 60.3. The Labute approximate surface area is 593 Å². The number of primary amides is 1. The second kappa shape index (κ2) is 41.3. The van der Waals surface area contributed by atoms with E-state index in [4.69, 9.17) is 19.9 Å². The van der Waals surface area contributed by atoms with Crippen LogP contribution in [0, 0.1) is 35.5 Å². The molecule has 2 aromatic heterocycles. The van der Waals surface area contributed by atoms with Gasteiger partial charge in [-0.15, -0.1) is 11.3 Å². The van der Waals surface area contributed by atoms with Gasteiger partial charge in [-0.25, -0.2) is 24.5 Å². The Morgan fingerprint density at radius 1 is 0.798 bits per heavy atom. The Kier molecular flexibility index (Phi) is 34.3. The first-order valence-electron chi connectivity index (χ1n) is 34.8. The molecule has 1 saturated heterocycles. The number of carbonyl (C=O) groups excluding carboxylic acids is 10. The molecule has 10 atom stereocenters. The smallest absolute Gasteiger partial charge is 0.408 e. The van der Waals surface area contributed by atoms with E-state index >= 15 is 0 Å². The highest BCUT2D eigenvalue weighted by molar-refractivity contribution is 7.98. The van der Waals surface area contributed by atoms with Gasteiger partial charge in [0.1, 0.15) is 12.4 Å². The van der Waals surface area contributed by atoms with Crippen molar-refractivity contribution in [2.75, 3.05) is 45.9 Å². The van der Waals surface area contributed by atoms with Crippen molar-refractivity contribution in [1.29, 1.82) is 0 Å². The van der Waals surface area contributed by atoms with Gasteiger partial charge in [0.2, 0.25) is 23.6 Å². The summed E-state index contributed by atoms with van der Waals surface area (Å²) in [6, 6.07) is 14.1. The molecule has 99 heavy (non-hydrogen) atoms. The van der Waals surface area contributed by atoms with E-state index in [1.54, 1.807) is 63.4 Å². The van der Waals surface area contributed by atoms with E-state index in [0.717, 1.165) is 23.4 Å². The van der Waals surface area contributed by atoms with Crippen molar-refractivity contribution < 1.29 is 62.2 Å². The lowest BCUT2D eigenvalue weighted by molar-refractivity contribution is -0.149. The highest BCUT2D eigenvalue weighted by Gasteiger charge is 2.44. The van der Waals surface area contributed by atoms with Crippen LogP contribution in [0.4, 0.5) is 15.3 Å². The lowest BCUT2D eigenvalue weighted by Crippen LogP contribution is -2.55. The summed E-state index contributed by atoms with van der Waals surface area (Å²) in [6.45, 7) is 16.8. The number of carbonyl (C=O) groups is 10. The average Bonchev–Trinajstić information content (AvgIpc) is 1.76. The van der Waals surface area contributed by atoms with Crippen molar-refractivity contribution >= 4 is 87.7 Å². The van der Waals surface area contributed by atoms with Crippen molar-refractivity contribution in [2.24, 2.45) is 41.2 Å². The molecule has 25 heteroatoms. The first kappa shape index (κ1) is 82.2. The lowest BCUT2D eigenvalue weighted by Gasteiger charge is -2.41. The summed E-state index contributed by atoms with van der Waals surface area (Å²) in [5.74, 6) is -4.95. The monoisotopic (exact) mass is 1410 g/mol. The molecule has 0 radical (unpaired) electrons. The number of ether oxygens (including phenoxy) is 3. The van der Waals surface area contributed by atoms with Crippen molar-refractivity contribution in [3.8, 4) is 0 Å². The standard InChI is InChI=1S/C74H108N10O13S2/c1-14-48(6)66(61(95-11)42-64(90)84-36-23-27-57(84)67(96-12)49(7)59(86)40-53(69-76-35-37-99-69)38-50-24-18-17-19-25-50)83(10)70(92)56(46(2)3)41-62(88)74(8,9)82-73(94)97-45-51-30-32-55(33-31-51)80-68(91)52(26-22-34-77-71(75)93)39-60(87)65(47(4)5)81-63(89)29-21-16-15-20-28-58(85)54-43-78-72(98-13)79-44-54/h17-19,24-25,30-33,35,37,43-44,46-49,52-53,56-57,61,65-67H,14-16,20-23,26-29,34,36,38-42,45H2,1-13H3,(H,80,91)(H,81,89)(H,82,94)(H3,75,77,93)/t48-,49-,52+,53+,56-,57-,61+,65-,66-,67+/m0/s1. The van der Waals surface area contributed by atoms with Crippen LogP contribution in [-0.2, 0) is 60.8 Å². The van der Waals surface area contributed by atoms with Crippen LogP contribution in [-0.4, -0.2) is 160 Å². The summed E-state index contributed by atoms with van der Waals surface area (Å²) in [5.41, 5.74) is 6.34. The van der Waals surface area contributed by atoms with Crippen LogP contribution in [0.1, 0.15) is 191 Å². The summed E-state index contributed by atoms with van der Waals surface area (Å²) in [6.07, 6.45) is 10.8. The van der Waals surface area contributed by atoms with Gasteiger partial charge in [0.15, 0.2) is 22.5 Å². The molecule has 2 aromatic carbocycles. The van der Waals surface area contributed by atoms with Gasteiger partial charge in [-0.05, 0) is 106 Å². The lowest BCUT2D eigenvalue weighted by atomic mass is 9.83. The van der Waals surface area contributed by atoms with E-state index in [-0.39, 0.29) is 116 Å². The number of nitrogens with one attached hydrogen (secondary N) is 4. The van der Waals surface area contributed by atoms with Crippen molar-refractivity contribution in [1.82, 2.24) is 40.7 Å². The number of unbranched alkanes of at least 4 members (excludes halogenated alkanes) is 3. The van der Waals surface area contributed by atoms with Crippen LogP contribution < -0.4 is 27.0 Å². The minimum atomic E-state index is -1.47. The van der Waals surface area contributed by atoms with Gasteiger partial charge in [-0.2, -0.15) is 0 Å². The van der Waals surface area contributed by atoms with Crippen molar-refractivity contribution in [3.05, 3.63) is 100 Å². The van der Waals surface area contributed by atoms with E-state index in [1.807, 2.05) is 83.2 Å². The molecule has 7 amide bonds. The highest BCUT2D eigenvalue weighted by atomic mass is 32.2. The molecule has 0 saturated carbocycles. The number of ketones is 4. The van der Waals surface area contributed by atoms with Crippen molar-refractivity contribution in [3.63, 3.8) is 0 Å². The molecule has 0 unspecified atom stereocenters. The minimum absolute atomic E-state index is 0.0358. The maximum Gasteiger partial charge on any atom is 0.408 e. The largest absolute Gasteiger partial charge is 0.445 e. The van der Waals surface area contributed by atoms with Gasteiger partial charge in [-0.3, -0.25) is 38.4 Å². The third kappa shape index (κ3) is 25.9. The first-order chi connectivity index (χ1) is 47.1. The number of nitrogens with zero attached hydrogens (tertiary/aromatic N) is 5. The molecular formula is C74H108N10O13S2. The Morgan fingerprint density at radius 3 is 2.07 bits per heavy atom. The number of nitrogens with two attached hydrogens (primary N) is 1. The number of hydrogen-bond donors (Lipinski definition) is 5.